The van der Waals surface area contributed by atoms with Crippen molar-refractivity contribution < 1.29 is 4.74 Å². The van der Waals surface area contributed by atoms with Crippen LogP contribution in [0.2, 0.25) is 0 Å². The highest BCUT2D eigenvalue weighted by Gasteiger charge is 2.23. The first-order chi connectivity index (χ1) is 9.92. The molecule has 1 saturated heterocycles. The molecular formula is C14H16N4OS. The second kappa shape index (κ2) is 5.20. The molecule has 4 rings (SSSR count). The lowest BCUT2D eigenvalue weighted by molar-refractivity contribution is 0.0328. The van der Waals surface area contributed by atoms with Crippen molar-refractivity contribution in [1.29, 1.82) is 0 Å². The molecule has 1 aromatic carbocycles. The van der Waals surface area contributed by atoms with Crippen molar-refractivity contribution in [2.24, 2.45) is 0 Å². The van der Waals surface area contributed by atoms with Gasteiger partial charge in [0.05, 0.1) is 31.2 Å². The summed E-state index contributed by atoms with van der Waals surface area (Å²) in [6, 6.07) is 8.48. The van der Waals surface area contributed by atoms with Gasteiger partial charge in [0.1, 0.15) is 5.82 Å². The van der Waals surface area contributed by atoms with Crippen molar-refractivity contribution in [3.8, 4) is 5.69 Å². The maximum Gasteiger partial charge on any atom is 0.151 e. The molecule has 2 aliphatic heterocycles. The van der Waals surface area contributed by atoms with Crippen molar-refractivity contribution in [2.75, 3.05) is 26.3 Å². The number of aromatic nitrogens is 3. The Morgan fingerprint density at radius 2 is 2.00 bits per heavy atom. The molecule has 3 heterocycles. The molecule has 1 aromatic heterocycles. The van der Waals surface area contributed by atoms with Gasteiger partial charge in [0.15, 0.2) is 5.82 Å². The predicted molar refractivity (Wildman–Crippen MR) is 77.0 cm³/mol. The SMILES string of the molecule is c1ccc2c(c1)SCc1nnc(CN3CCOCC3)n1-2. The lowest BCUT2D eigenvalue weighted by Gasteiger charge is -2.27. The zero-order valence-corrected chi connectivity index (χ0v) is 12.0. The fourth-order valence-corrected chi connectivity index (χ4v) is 3.65. The minimum atomic E-state index is 0.813. The summed E-state index contributed by atoms with van der Waals surface area (Å²) in [6.45, 7) is 4.41. The highest BCUT2D eigenvalue weighted by atomic mass is 32.2. The number of benzene rings is 1. The van der Waals surface area contributed by atoms with Gasteiger partial charge in [0.2, 0.25) is 0 Å². The van der Waals surface area contributed by atoms with Crippen molar-refractivity contribution in [2.45, 2.75) is 17.2 Å². The van der Waals surface area contributed by atoms with Gasteiger partial charge in [-0.05, 0) is 12.1 Å². The van der Waals surface area contributed by atoms with Crippen LogP contribution in [0.15, 0.2) is 29.2 Å². The molecule has 5 nitrogen and oxygen atoms in total. The Hall–Kier alpha value is -1.37. The molecule has 0 bridgehead atoms. The van der Waals surface area contributed by atoms with E-state index in [9.17, 15) is 0 Å². The van der Waals surface area contributed by atoms with Crippen molar-refractivity contribution in [1.82, 2.24) is 19.7 Å². The van der Waals surface area contributed by atoms with Crippen LogP contribution in [0.25, 0.3) is 5.69 Å². The van der Waals surface area contributed by atoms with Gasteiger partial charge in [-0.25, -0.2) is 0 Å². The Labute approximate surface area is 121 Å². The number of ether oxygens (including phenoxy) is 1. The van der Waals surface area contributed by atoms with Crippen molar-refractivity contribution in [3.05, 3.63) is 35.9 Å². The summed E-state index contributed by atoms with van der Waals surface area (Å²) in [7, 11) is 0. The van der Waals surface area contributed by atoms with E-state index in [0.29, 0.717) is 0 Å². The zero-order chi connectivity index (χ0) is 13.4. The molecule has 1 fully saturated rings. The highest BCUT2D eigenvalue weighted by Crippen LogP contribution is 2.34. The molecule has 0 spiro atoms. The van der Waals surface area contributed by atoms with E-state index in [1.165, 1.54) is 10.6 Å². The molecule has 0 unspecified atom stereocenters. The quantitative estimate of drug-likeness (QED) is 0.841. The van der Waals surface area contributed by atoms with Crippen LogP contribution in [0, 0.1) is 0 Å². The van der Waals surface area contributed by atoms with Crippen LogP contribution >= 0.6 is 11.8 Å². The van der Waals surface area contributed by atoms with E-state index in [0.717, 1.165) is 50.2 Å². The molecule has 0 atom stereocenters. The van der Waals surface area contributed by atoms with Gasteiger partial charge in [-0.15, -0.1) is 22.0 Å². The number of rotatable bonds is 2. The zero-order valence-electron chi connectivity index (χ0n) is 11.2. The second-order valence-electron chi connectivity index (χ2n) is 5.01. The molecule has 0 N–H and O–H groups in total. The number of hydrogen-bond acceptors (Lipinski definition) is 5. The maximum absolute atomic E-state index is 5.40. The Morgan fingerprint density at radius 3 is 2.90 bits per heavy atom. The fraction of sp³-hybridized carbons (Fsp3) is 0.429. The molecule has 0 saturated carbocycles. The van der Waals surface area contributed by atoms with Crippen LogP contribution in [0.5, 0.6) is 0 Å². The molecular weight excluding hydrogens is 272 g/mol. The highest BCUT2D eigenvalue weighted by molar-refractivity contribution is 7.98. The topological polar surface area (TPSA) is 43.2 Å². The van der Waals surface area contributed by atoms with Gasteiger partial charge in [0, 0.05) is 18.0 Å². The average molecular weight is 288 g/mol. The Kier molecular flexibility index (Phi) is 3.22. The molecule has 0 aliphatic carbocycles. The van der Waals surface area contributed by atoms with Gasteiger partial charge in [-0.3, -0.25) is 9.47 Å². The van der Waals surface area contributed by atoms with Crippen LogP contribution in [-0.4, -0.2) is 46.0 Å². The van der Waals surface area contributed by atoms with E-state index in [1.54, 1.807) is 0 Å². The van der Waals surface area contributed by atoms with Gasteiger partial charge in [0.25, 0.3) is 0 Å². The number of morpholine rings is 1. The van der Waals surface area contributed by atoms with E-state index >= 15 is 0 Å². The monoisotopic (exact) mass is 288 g/mol. The summed E-state index contributed by atoms with van der Waals surface area (Å²) in [5.41, 5.74) is 1.21. The molecule has 2 aromatic rings. The predicted octanol–water partition coefficient (Wildman–Crippen LogP) is 1.71. The van der Waals surface area contributed by atoms with Crippen molar-refractivity contribution >= 4 is 11.8 Å². The van der Waals surface area contributed by atoms with E-state index in [1.807, 2.05) is 11.8 Å². The van der Waals surface area contributed by atoms with Crippen LogP contribution in [0.1, 0.15) is 11.6 Å². The fourth-order valence-electron chi connectivity index (χ4n) is 2.69. The van der Waals surface area contributed by atoms with E-state index in [-0.39, 0.29) is 0 Å². The maximum atomic E-state index is 5.40. The molecule has 0 radical (unpaired) electrons. The standard InChI is InChI=1S/C14H16N4OS/c1-2-4-12-11(3-1)18-13(15-16-14(18)10-20-12)9-17-5-7-19-8-6-17/h1-4H,5-10H2. The summed E-state index contributed by atoms with van der Waals surface area (Å²) >= 11 is 1.83. The normalized spacial score (nSPS) is 18.6. The lowest BCUT2D eigenvalue weighted by atomic mass is 10.3. The molecule has 20 heavy (non-hydrogen) atoms. The first kappa shape index (κ1) is 12.4. The minimum Gasteiger partial charge on any atom is -0.379 e. The van der Waals surface area contributed by atoms with Gasteiger partial charge in [-0.2, -0.15) is 0 Å². The van der Waals surface area contributed by atoms with E-state index in [2.05, 4.69) is 43.9 Å². The number of fused-ring (bicyclic) bond motifs is 3. The largest absolute Gasteiger partial charge is 0.379 e. The van der Waals surface area contributed by atoms with E-state index < -0.39 is 0 Å². The lowest BCUT2D eigenvalue weighted by Crippen LogP contribution is -2.36. The third-order valence-electron chi connectivity index (χ3n) is 3.73. The summed E-state index contributed by atoms with van der Waals surface area (Å²) in [6.07, 6.45) is 0. The molecule has 0 amide bonds. The molecule has 2 aliphatic rings. The van der Waals surface area contributed by atoms with Gasteiger partial charge < -0.3 is 4.74 Å². The van der Waals surface area contributed by atoms with Gasteiger partial charge >= 0.3 is 0 Å². The summed E-state index contributed by atoms with van der Waals surface area (Å²) < 4.78 is 7.62. The van der Waals surface area contributed by atoms with Crippen LogP contribution in [0.3, 0.4) is 0 Å². The summed E-state index contributed by atoms with van der Waals surface area (Å²) in [5.74, 6) is 2.99. The number of hydrogen-bond donors (Lipinski definition) is 0. The van der Waals surface area contributed by atoms with Crippen LogP contribution < -0.4 is 0 Å². The Balaban J connectivity index is 1.68. The summed E-state index contributed by atoms with van der Waals surface area (Å²) in [4.78, 5) is 3.69. The smallest absolute Gasteiger partial charge is 0.151 e. The molecule has 6 heteroatoms. The first-order valence-corrected chi connectivity index (χ1v) is 7.86. The average Bonchev–Trinajstić information content (AvgIpc) is 2.92. The van der Waals surface area contributed by atoms with Crippen LogP contribution in [0.4, 0.5) is 0 Å². The van der Waals surface area contributed by atoms with Crippen LogP contribution in [-0.2, 0) is 17.0 Å². The number of nitrogens with zero attached hydrogens (tertiary/aromatic N) is 4. The minimum absolute atomic E-state index is 0.813. The second-order valence-corrected chi connectivity index (χ2v) is 6.03. The summed E-state index contributed by atoms with van der Waals surface area (Å²) in [5, 5.41) is 8.76. The first-order valence-electron chi connectivity index (χ1n) is 6.87. The third-order valence-corrected chi connectivity index (χ3v) is 4.79. The molecule has 104 valence electrons. The number of thioether (sulfide) groups is 1. The van der Waals surface area contributed by atoms with Crippen molar-refractivity contribution in [3.63, 3.8) is 0 Å². The Bertz CT molecular complexity index is 621. The van der Waals surface area contributed by atoms with E-state index in [4.69, 9.17) is 4.74 Å². The number of para-hydroxylation sites is 1. The third kappa shape index (κ3) is 2.13. The van der Waals surface area contributed by atoms with Gasteiger partial charge in [-0.1, -0.05) is 12.1 Å². The Morgan fingerprint density at radius 1 is 1.15 bits per heavy atom.